The number of amides is 1. The van der Waals surface area contributed by atoms with Crippen LogP contribution in [0.4, 0.5) is 5.69 Å². The number of carbonyl (C=O) groups is 1. The Kier molecular flexibility index (Phi) is 3.09. The van der Waals surface area contributed by atoms with Gasteiger partial charge in [0, 0.05) is 11.3 Å². The van der Waals surface area contributed by atoms with Crippen molar-refractivity contribution in [2.24, 2.45) is 0 Å². The highest BCUT2D eigenvalue weighted by molar-refractivity contribution is 6.05. The summed E-state index contributed by atoms with van der Waals surface area (Å²) < 4.78 is 10.3. The van der Waals surface area contributed by atoms with Crippen LogP contribution >= 0.6 is 0 Å². The fourth-order valence-corrected chi connectivity index (χ4v) is 1.90. The Morgan fingerprint density at radius 2 is 2.15 bits per heavy atom. The van der Waals surface area contributed by atoms with Gasteiger partial charge < -0.3 is 14.5 Å². The first-order valence-electron chi connectivity index (χ1n) is 6.05. The van der Waals surface area contributed by atoms with E-state index in [0.29, 0.717) is 28.1 Å². The Morgan fingerprint density at radius 1 is 1.25 bits per heavy atom. The molecule has 1 amide bonds. The minimum absolute atomic E-state index is 0.202. The third-order valence-electron chi connectivity index (χ3n) is 2.92. The molecule has 0 spiro atoms. The fourth-order valence-electron chi connectivity index (χ4n) is 1.90. The number of benzene rings is 2. The minimum Gasteiger partial charge on any atom is -0.497 e. The first-order valence-corrected chi connectivity index (χ1v) is 6.05. The van der Waals surface area contributed by atoms with Gasteiger partial charge in [0.1, 0.15) is 11.3 Å². The maximum atomic E-state index is 12.1. The van der Waals surface area contributed by atoms with Crippen LogP contribution in [0.25, 0.3) is 11.1 Å². The number of rotatable bonds is 3. The molecule has 3 rings (SSSR count). The molecule has 0 bridgehead atoms. The number of ether oxygens (including phenoxy) is 1. The molecular weight excluding hydrogens is 256 g/mol. The van der Waals surface area contributed by atoms with Crippen molar-refractivity contribution >= 4 is 22.7 Å². The second-order valence-corrected chi connectivity index (χ2v) is 4.22. The van der Waals surface area contributed by atoms with Gasteiger partial charge in [-0.1, -0.05) is 6.07 Å². The van der Waals surface area contributed by atoms with E-state index in [0.717, 1.165) is 0 Å². The molecule has 0 fully saturated rings. The van der Waals surface area contributed by atoms with Crippen LogP contribution in [0.3, 0.4) is 0 Å². The average Bonchev–Trinajstić information content (AvgIpc) is 2.95. The molecule has 0 radical (unpaired) electrons. The molecule has 0 atom stereocenters. The zero-order chi connectivity index (χ0) is 13.9. The number of oxazole rings is 1. The largest absolute Gasteiger partial charge is 0.497 e. The van der Waals surface area contributed by atoms with Gasteiger partial charge in [0.2, 0.25) is 0 Å². The molecule has 100 valence electrons. The molecule has 3 aromatic rings. The van der Waals surface area contributed by atoms with Crippen molar-refractivity contribution in [1.82, 2.24) is 4.98 Å². The molecule has 0 unspecified atom stereocenters. The highest BCUT2D eigenvalue weighted by Crippen LogP contribution is 2.19. The molecule has 0 aliphatic heterocycles. The monoisotopic (exact) mass is 268 g/mol. The van der Waals surface area contributed by atoms with Gasteiger partial charge in [-0.25, -0.2) is 4.98 Å². The number of fused-ring (bicyclic) bond motifs is 1. The van der Waals surface area contributed by atoms with E-state index in [4.69, 9.17) is 9.15 Å². The molecule has 2 aromatic carbocycles. The first-order chi connectivity index (χ1) is 9.76. The predicted octanol–water partition coefficient (Wildman–Crippen LogP) is 3.09. The second kappa shape index (κ2) is 5.05. The predicted molar refractivity (Wildman–Crippen MR) is 75.0 cm³/mol. The summed E-state index contributed by atoms with van der Waals surface area (Å²) in [6.45, 7) is 0. The van der Waals surface area contributed by atoms with E-state index in [9.17, 15) is 4.79 Å². The molecular formula is C15H12N2O3. The standard InChI is InChI=1S/C15H12N2O3/c1-19-12-4-2-3-10(7-12)15(18)17-11-5-6-14-13(8-11)16-9-20-14/h2-9H,1H3,(H,17,18). The molecule has 0 aliphatic carbocycles. The van der Waals surface area contributed by atoms with Crippen LogP contribution in [0.2, 0.25) is 0 Å². The summed E-state index contributed by atoms with van der Waals surface area (Å²) in [5.74, 6) is 0.441. The molecule has 1 aromatic heterocycles. The number of carbonyl (C=O) groups excluding carboxylic acids is 1. The van der Waals surface area contributed by atoms with Crippen molar-refractivity contribution in [2.75, 3.05) is 12.4 Å². The normalized spacial score (nSPS) is 10.4. The Balaban J connectivity index is 1.83. The second-order valence-electron chi connectivity index (χ2n) is 4.22. The van der Waals surface area contributed by atoms with E-state index in [1.807, 2.05) is 0 Å². The van der Waals surface area contributed by atoms with Gasteiger partial charge in [-0.15, -0.1) is 0 Å². The number of aromatic nitrogens is 1. The van der Waals surface area contributed by atoms with Crippen molar-refractivity contribution < 1.29 is 13.9 Å². The molecule has 0 saturated heterocycles. The topological polar surface area (TPSA) is 64.4 Å². The average molecular weight is 268 g/mol. The summed E-state index contributed by atoms with van der Waals surface area (Å²) in [5.41, 5.74) is 2.58. The van der Waals surface area contributed by atoms with Gasteiger partial charge in [0.25, 0.3) is 5.91 Å². The van der Waals surface area contributed by atoms with Gasteiger partial charge in [0.05, 0.1) is 7.11 Å². The van der Waals surface area contributed by atoms with Gasteiger partial charge in [-0.2, -0.15) is 0 Å². The lowest BCUT2D eigenvalue weighted by Crippen LogP contribution is -2.11. The van der Waals surface area contributed by atoms with Crippen LogP contribution in [0.1, 0.15) is 10.4 Å². The number of anilines is 1. The quantitative estimate of drug-likeness (QED) is 0.792. The molecule has 5 nitrogen and oxygen atoms in total. The molecule has 1 N–H and O–H groups in total. The highest BCUT2D eigenvalue weighted by atomic mass is 16.5. The number of hydrogen-bond donors (Lipinski definition) is 1. The van der Waals surface area contributed by atoms with E-state index in [1.165, 1.54) is 6.39 Å². The fraction of sp³-hybridized carbons (Fsp3) is 0.0667. The van der Waals surface area contributed by atoms with Crippen molar-refractivity contribution in [2.45, 2.75) is 0 Å². The Morgan fingerprint density at radius 3 is 3.00 bits per heavy atom. The van der Waals surface area contributed by atoms with E-state index >= 15 is 0 Å². The van der Waals surface area contributed by atoms with Gasteiger partial charge in [0.15, 0.2) is 12.0 Å². The number of nitrogens with one attached hydrogen (secondary N) is 1. The van der Waals surface area contributed by atoms with E-state index in [1.54, 1.807) is 49.6 Å². The van der Waals surface area contributed by atoms with E-state index < -0.39 is 0 Å². The third kappa shape index (κ3) is 2.33. The Bertz CT molecular complexity index is 764. The van der Waals surface area contributed by atoms with Crippen LogP contribution in [0.5, 0.6) is 5.75 Å². The lowest BCUT2D eigenvalue weighted by atomic mass is 10.2. The highest BCUT2D eigenvalue weighted by Gasteiger charge is 2.08. The first kappa shape index (κ1) is 12.2. The van der Waals surface area contributed by atoms with Crippen LogP contribution in [0.15, 0.2) is 53.3 Å². The lowest BCUT2D eigenvalue weighted by Gasteiger charge is -2.06. The number of hydrogen-bond acceptors (Lipinski definition) is 4. The smallest absolute Gasteiger partial charge is 0.255 e. The van der Waals surface area contributed by atoms with Gasteiger partial charge in [-0.05, 0) is 36.4 Å². The summed E-state index contributed by atoms with van der Waals surface area (Å²) in [7, 11) is 1.57. The van der Waals surface area contributed by atoms with Crippen molar-refractivity contribution in [3.8, 4) is 5.75 Å². The zero-order valence-electron chi connectivity index (χ0n) is 10.8. The Hall–Kier alpha value is -2.82. The summed E-state index contributed by atoms with van der Waals surface area (Å²) >= 11 is 0. The Labute approximate surface area is 115 Å². The summed E-state index contributed by atoms with van der Waals surface area (Å²) in [6.07, 6.45) is 1.37. The van der Waals surface area contributed by atoms with Crippen molar-refractivity contribution in [1.29, 1.82) is 0 Å². The maximum absolute atomic E-state index is 12.1. The third-order valence-corrected chi connectivity index (χ3v) is 2.92. The molecule has 0 aliphatic rings. The number of nitrogens with zero attached hydrogens (tertiary/aromatic N) is 1. The van der Waals surface area contributed by atoms with Crippen LogP contribution in [-0.2, 0) is 0 Å². The molecule has 20 heavy (non-hydrogen) atoms. The van der Waals surface area contributed by atoms with E-state index in [-0.39, 0.29) is 5.91 Å². The van der Waals surface area contributed by atoms with Gasteiger partial charge >= 0.3 is 0 Å². The van der Waals surface area contributed by atoms with Crippen LogP contribution in [-0.4, -0.2) is 18.0 Å². The summed E-state index contributed by atoms with van der Waals surface area (Å²) in [4.78, 5) is 16.2. The summed E-state index contributed by atoms with van der Waals surface area (Å²) in [5, 5.41) is 2.82. The number of methoxy groups -OCH3 is 1. The SMILES string of the molecule is COc1cccc(C(=O)Nc2ccc3ocnc3c2)c1. The summed E-state index contributed by atoms with van der Waals surface area (Å²) in [6, 6.07) is 12.3. The van der Waals surface area contributed by atoms with E-state index in [2.05, 4.69) is 10.3 Å². The van der Waals surface area contributed by atoms with Gasteiger partial charge in [-0.3, -0.25) is 4.79 Å². The van der Waals surface area contributed by atoms with Crippen LogP contribution < -0.4 is 10.1 Å². The lowest BCUT2D eigenvalue weighted by molar-refractivity contribution is 0.102. The maximum Gasteiger partial charge on any atom is 0.255 e. The zero-order valence-corrected chi connectivity index (χ0v) is 10.8. The minimum atomic E-state index is -0.202. The molecule has 1 heterocycles. The molecule has 5 heteroatoms. The van der Waals surface area contributed by atoms with Crippen molar-refractivity contribution in [3.05, 3.63) is 54.4 Å². The molecule has 0 saturated carbocycles. The van der Waals surface area contributed by atoms with Crippen molar-refractivity contribution in [3.63, 3.8) is 0 Å². The van der Waals surface area contributed by atoms with Crippen LogP contribution in [0, 0.1) is 0 Å².